The average Bonchev–Trinajstić information content (AvgIpc) is 2.51. The van der Waals surface area contributed by atoms with Gasteiger partial charge in [-0.3, -0.25) is 13.9 Å². The highest BCUT2D eigenvalue weighted by Crippen LogP contribution is 2.29. The molecule has 0 aliphatic heterocycles. The molecule has 1 heterocycles. The number of rotatable bonds is 4. The largest absolute Gasteiger partial charge is 0.326 e. The van der Waals surface area contributed by atoms with Crippen LogP contribution in [0.25, 0.3) is 0 Å². The fourth-order valence-corrected chi connectivity index (χ4v) is 2.31. The zero-order valence-electron chi connectivity index (χ0n) is 7.81. The second kappa shape index (κ2) is 4.36. The van der Waals surface area contributed by atoms with Gasteiger partial charge in [0.05, 0.1) is 4.88 Å². The molecule has 0 bridgehead atoms. The van der Waals surface area contributed by atoms with Gasteiger partial charge in [-0.25, -0.2) is 0 Å². The van der Waals surface area contributed by atoms with Crippen LogP contribution in [0.2, 0.25) is 0 Å². The second-order valence-corrected chi connectivity index (χ2v) is 4.87. The first-order chi connectivity index (χ1) is 6.43. The molecular formula is C8H11O4PS. The Kier molecular flexibility index (Phi) is 3.61. The third-order valence-corrected chi connectivity index (χ3v) is 3.19. The van der Waals surface area contributed by atoms with E-state index in [-0.39, 0.29) is 5.78 Å². The number of hydrogen-bond donors (Lipinski definition) is 1. The minimum atomic E-state index is -3.09. The molecule has 0 aliphatic carbocycles. The van der Waals surface area contributed by atoms with Crippen LogP contribution < -0.4 is 0 Å². The lowest BCUT2D eigenvalue weighted by molar-refractivity contribution is 0.0575. The molecular weight excluding hydrogens is 223 g/mol. The first-order valence-corrected chi connectivity index (χ1v) is 6.08. The maximum atomic E-state index is 11.7. The Morgan fingerprint density at radius 1 is 1.64 bits per heavy atom. The maximum absolute atomic E-state index is 11.7. The topological polar surface area (TPSA) is 63.6 Å². The van der Waals surface area contributed by atoms with Gasteiger partial charge in [0.15, 0.2) is 0 Å². The summed E-state index contributed by atoms with van der Waals surface area (Å²) in [6, 6.07) is 3.41. The molecule has 0 amide bonds. The van der Waals surface area contributed by atoms with Crippen molar-refractivity contribution >= 4 is 25.4 Å². The smallest absolute Gasteiger partial charge is 0.317 e. The standard InChI is InChI=1S/C8H11O4PS/c1-8(2,12-13(10)11)7(9)6-4-3-5-14-6/h3-5,13H,1-2H3,(H,10,11). The molecule has 1 aromatic heterocycles. The summed E-state index contributed by atoms with van der Waals surface area (Å²) >= 11 is 1.28. The van der Waals surface area contributed by atoms with Crippen LogP contribution in [-0.4, -0.2) is 16.3 Å². The van der Waals surface area contributed by atoms with Gasteiger partial charge in [-0.2, -0.15) is 0 Å². The van der Waals surface area contributed by atoms with E-state index in [1.807, 2.05) is 0 Å². The highest BCUT2D eigenvalue weighted by Gasteiger charge is 2.31. The number of carbonyl (C=O) groups excluding carboxylic acids is 1. The maximum Gasteiger partial charge on any atom is 0.317 e. The van der Waals surface area contributed by atoms with Gasteiger partial charge in [0.1, 0.15) is 5.60 Å². The first-order valence-electron chi connectivity index (χ1n) is 3.94. The zero-order valence-corrected chi connectivity index (χ0v) is 9.63. The average molecular weight is 234 g/mol. The Hall–Kier alpha value is -0.480. The van der Waals surface area contributed by atoms with E-state index in [9.17, 15) is 9.36 Å². The number of thiophene rings is 1. The van der Waals surface area contributed by atoms with Crippen molar-refractivity contribution in [3.05, 3.63) is 22.4 Å². The van der Waals surface area contributed by atoms with Crippen molar-refractivity contribution in [1.82, 2.24) is 0 Å². The lowest BCUT2D eigenvalue weighted by atomic mass is 10.0. The molecule has 4 nitrogen and oxygen atoms in total. The van der Waals surface area contributed by atoms with Gasteiger partial charge in [-0.15, -0.1) is 11.3 Å². The Morgan fingerprint density at radius 2 is 2.29 bits per heavy atom. The highest BCUT2D eigenvalue weighted by atomic mass is 32.1. The molecule has 78 valence electrons. The molecule has 0 saturated heterocycles. The van der Waals surface area contributed by atoms with Crippen LogP contribution in [0, 0.1) is 0 Å². The predicted molar refractivity (Wildman–Crippen MR) is 55.0 cm³/mol. The molecule has 0 saturated carbocycles. The van der Waals surface area contributed by atoms with Crippen LogP contribution in [0.5, 0.6) is 0 Å². The van der Waals surface area contributed by atoms with Crippen molar-refractivity contribution in [2.75, 3.05) is 0 Å². The molecule has 1 unspecified atom stereocenters. The van der Waals surface area contributed by atoms with E-state index in [2.05, 4.69) is 4.52 Å². The molecule has 14 heavy (non-hydrogen) atoms. The Balaban J connectivity index is 2.83. The Labute approximate surface area is 86.5 Å². The summed E-state index contributed by atoms with van der Waals surface area (Å²) in [5.41, 5.74) is -1.24. The molecule has 1 aromatic rings. The van der Waals surface area contributed by atoms with Crippen molar-refractivity contribution < 1.29 is 18.8 Å². The Bertz CT molecular complexity index is 344. The van der Waals surface area contributed by atoms with E-state index >= 15 is 0 Å². The number of hydrogen-bond acceptors (Lipinski definition) is 4. The summed E-state index contributed by atoms with van der Waals surface area (Å²) in [4.78, 5) is 20.9. The molecule has 0 radical (unpaired) electrons. The van der Waals surface area contributed by atoms with Gasteiger partial charge in [0, 0.05) is 0 Å². The van der Waals surface area contributed by atoms with E-state index in [0.717, 1.165) is 0 Å². The quantitative estimate of drug-likeness (QED) is 0.640. The van der Waals surface area contributed by atoms with Crippen LogP contribution in [0.1, 0.15) is 23.5 Å². The van der Waals surface area contributed by atoms with Crippen LogP contribution in [0.4, 0.5) is 0 Å². The molecule has 0 aliphatic rings. The van der Waals surface area contributed by atoms with E-state index in [4.69, 9.17) is 4.89 Å². The summed E-state index contributed by atoms with van der Waals surface area (Å²) < 4.78 is 15.2. The number of carbonyl (C=O) groups is 1. The highest BCUT2D eigenvalue weighted by molar-refractivity contribution is 7.32. The second-order valence-electron chi connectivity index (χ2n) is 3.18. The zero-order chi connectivity index (χ0) is 10.8. The molecule has 1 N–H and O–H groups in total. The van der Waals surface area contributed by atoms with Crippen LogP contribution >= 0.6 is 19.6 Å². The van der Waals surface area contributed by atoms with Gasteiger partial charge in [0.25, 0.3) is 0 Å². The van der Waals surface area contributed by atoms with Crippen LogP contribution in [0.3, 0.4) is 0 Å². The van der Waals surface area contributed by atoms with E-state index in [1.165, 1.54) is 25.2 Å². The van der Waals surface area contributed by atoms with Gasteiger partial charge >= 0.3 is 8.25 Å². The number of ketones is 1. The normalized spacial score (nSPS) is 13.9. The molecule has 1 rings (SSSR count). The van der Waals surface area contributed by atoms with Gasteiger partial charge in [-0.1, -0.05) is 6.07 Å². The predicted octanol–water partition coefficient (Wildman–Crippen LogP) is 2.11. The summed E-state index contributed by atoms with van der Waals surface area (Å²) in [6.45, 7) is 2.96. The fourth-order valence-electron chi connectivity index (χ4n) is 0.969. The van der Waals surface area contributed by atoms with Crippen LogP contribution in [-0.2, 0) is 9.09 Å². The van der Waals surface area contributed by atoms with Gasteiger partial charge in [-0.05, 0) is 25.3 Å². The molecule has 6 heteroatoms. The van der Waals surface area contributed by atoms with Gasteiger partial charge in [0.2, 0.25) is 5.78 Å². The SMILES string of the molecule is CC(C)(O[PH](=O)O)C(=O)c1cccs1. The summed E-state index contributed by atoms with van der Waals surface area (Å²) in [6.07, 6.45) is 0. The van der Waals surface area contributed by atoms with E-state index in [1.54, 1.807) is 17.5 Å². The van der Waals surface area contributed by atoms with Crippen molar-refractivity contribution in [2.24, 2.45) is 0 Å². The molecule has 1 atom stereocenters. The van der Waals surface area contributed by atoms with Crippen molar-refractivity contribution in [1.29, 1.82) is 0 Å². The third-order valence-electron chi connectivity index (χ3n) is 1.63. The number of Topliss-reactive ketones (excluding diaryl/α,β-unsaturated/α-hetero) is 1. The Morgan fingerprint density at radius 3 is 2.71 bits per heavy atom. The van der Waals surface area contributed by atoms with Crippen molar-refractivity contribution in [3.8, 4) is 0 Å². The minimum Gasteiger partial charge on any atom is -0.326 e. The van der Waals surface area contributed by atoms with E-state index < -0.39 is 13.9 Å². The first kappa shape index (κ1) is 11.6. The van der Waals surface area contributed by atoms with Crippen molar-refractivity contribution in [2.45, 2.75) is 19.4 Å². The van der Waals surface area contributed by atoms with Gasteiger partial charge < -0.3 is 4.89 Å². The molecule has 0 fully saturated rings. The summed E-state index contributed by atoms with van der Waals surface area (Å²) in [5.74, 6) is -0.278. The fraction of sp³-hybridized carbons (Fsp3) is 0.375. The summed E-state index contributed by atoms with van der Waals surface area (Å²) in [7, 11) is -3.09. The monoisotopic (exact) mass is 234 g/mol. The van der Waals surface area contributed by atoms with Crippen molar-refractivity contribution in [3.63, 3.8) is 0 Å². The lowest BCUT2D eigenvalue weighted by Gasteiger charge is -2.20. The minimum absolute atomic E-state index is 0.278. The summed E-state index contributed by atoms with van der Waals surface area (Å²) in [5, 5.41) is 1.77. The lowest BCUT2D eigenvalue weighted by Crippen LogP contribution is -2.32. The molecule has 0 spiro atoms. The molecule has 0 aromatic carbocycles. The third kappa shape index (κ3) is 2.75. The van der Waals surface area contributed by atoms with E-state index in [0.29, 0.717) is 4.88 Å². The van der Waals surface area contributed by atoms with Crippen LogP contribution in [0.15, 0.2) is 17.5 Å².